The van der Waals surface area contributed by atoms with Crippen LogP contribution in [0.1, 0.15) is 30.5 Å². The molecule has 0 bridgehead atoms. The van der Waals surface area contributed by atoms with E-state index in [1.165, 1.54) is 5.56 Å². The van der Waals surface area contributed by atoms with Gasteiger partial charge in [0.15, 0.2) is 0 Å². The molecule has 2 rings (SSSR count). The molecule has 0 saturated carbocycles. The molecule has 0 saturated heterocycles. The number of benzene rings is 1. The van der Waals surface area contributed by atoms with Crippen LogP contribution in [0.3, 0.4) is 0 Å². The van der Waals surface area contributed by atoms with Crippen LogP contribution in [-0.4, -0.2) is 6.54 Å². The molecule has 1 aromatic carbocycles. The second-order valence-electron chi connectivity index (χ2n) is 4.37. The molecule has 0 radical (unpaired) electrons. The second-order valence-corrected chi connectivity index (χ2v) is 9.47. The Labute approximate surface area is 153 Å². The Bertz CT molecular complexity index is 580. The van der Waals surface area contributed by atoms with Crippen LogP contribution in [0.5, 0.6) is 0 Å². The molecule has 1 nitrogen and oxygen atoms in total. The summed E-state index contributed by atoms with van der Waals surface area (Å²) in [6.07, 6.45) is 1.08. The Kier molecular flexibility index (Phi) is 6.57. The van der Waals surface area contributed by atoms with Gasteiger partial charge in [-0.05, 0) is 80.2 Å². The van der Waals surface area contributed by atoms with Crippen molar-refractivity contribution >= 4 is 70.7 Å². The Balaban J connectivity index is 2.43. The number of thiophene rings is 1. The van der Waals surface area contributed by atoms with Crippen LogP contribution in [0.15, 0.2) is 36.3 Å². The van der Waals surface area contributed by atoms with E-state index in [1.54, 1.807) is 11.3 Å². The van der Waals surface area contributed by atoms with Gasteiger partial charge in [0.05, 0.1) is 13.6 Å². The molecular formula is C14H13Br3ClNS. The molecule has 0 fully saturated rings. The van der Waals surface area contributed by atoms with E-state index in [4.69, 9.17) is 11.6 Å². The van der Waals surface area contributed by atoms with E-state index in [9.17, 15) is 0 Å². The third kappa shape index (κ3) is 4.31. The predicted molar refractivity (Wildman–Crippen MR) is 99.0 cm³/mol. The maximum absolute atomic E-state index is 6.18. The molecule has 2 aromatic rings. The second kappa shape index (κ2) is 7.75. The molecule has 20 heavy (non-hydrogen) atoms. The Hall–Kier alpha value is 0.610. The van der Waals surface area contributed by atoms with Gasteiger partial charge in [-0.15, -0.1) is 11.3 Å². The van der Waals surface area contributed by atoms with Crippen LogP contribution in [-0.2, 0) is 0 Å². The summed E-state index contributed by atoms with van der Waals surface area (Å²) in [5.41, 5.74) is 2.38. The average Bonchev–Trinajstić information content (AvgIpc) is 2.68. The smallest absolute Gasteiger partial charge is 0.0761 e. The van der Waals surface area contributed by atoms with Gasteiger partial charge >= 0.3 is 0 Å². The van der Waals surface area contributed by atoms with Gasteiger partial charge in [0.2, 0.25) is 0 Å². The Morgan fingerprint density at radius 1 is 1.20 bits per heavy atom. The van der Waals surface area contributed by atoms with Crippen LogP contribution in [0.2, 0.25) is 5.02 Å². The standard InChI is InChI=1S/C14H13Br3ClNS/c1-2-3-19-13(11-7-12(16)20-14(11)17)8-4-9(15)6-10(18)5-8/h4-7,13,19H,2-3H2,1H3. The normalized spacial score (nSPS) is 12.7. The van der Waals surface area contributed by atoms with E-state index < -0.39 is 0 Å². The zero-order valence-electron chi connectivity index (χ0n) is 10.7. The number of nitrogens with one attached hydrogen (secondary N) is 1. The number of hydrogen-bond donors (Lipinski definition) is 1. The zero-order chi connectivity index (χ0) is 14.7. The highest BCUT2D eigenvalue weighted by atomic mass is 79.9. The van der Waals surface area contributed by atoms with Crippen LogP contribution in [0.25, 0.3) is 0 Å². The lowest BCUT2D eigenvalue weighted by Gasteiger charge is -2.19. The summed E-state index contributed by atoms with van der Waals surface area (Å²) >= 11 is 18.6. The van der Waals surface area contributed by atoms with Gasteiger partial charge < -0.3 is 5.32 Å². The highest BCUT2D eigenvalue weighted by Crippen LogP contribution is 2.38. The highest BCUT2D eigenvalue weighted by Gasteiger charge is 2.19. The monoisotopic (exact) mass is 499 g/mol. The van der Waals surface area contributed by atoms with E-state index in [2.05, 4.69) is 72.2 Å². The van der Waals surface area contributed by atoms with Gasteiger partial charge in [0.25, 0.3) is 0 Å². The third-order valence-corrected chi connectivity index (χ3v) is 5.87. The van der Waals surface area contributed by atoms with E-state index in [0.29, 0.717) is 0 Å². The number of hydrogen-bond acceptors (Lipinski definition) is 2. The topological polar surface area (TPSA) is 12.0 Å². The molecule has 0 aliphatic heterocycles. The van der Waals surface area contributed by atoms with Gasteiger partial charge in [-0.3, -0.25) is 0 Å². The molecule has 0 aliphatic carbocycles. The lowest BCUT2D eigenvalue weighted by atomic mass is 10.0. The van der Waals surface area contributed by atoms with Crippen molar-refractivity contribution in [2.75, 3.05) is 6.54 Å². The summed E-state index contributed by atoms with van der Waals surface area (Å²) in [6.45, 7) is 3.12. The quantitative estimate of drug-likeness (QED) is 0.476. The van der Waals surface area contributed by atoms with Crippen molar-refractivity contribution in [3.63, 3.8) is 0 Å². The van der Waals surface area contributed by atoms with Crippen molar-refractivity contribution in [1.82, 2.24) is 5.32 Å². The molecule has 0 aliphatic rings. The Morgan fingerprint density at radius 2 is 1.95 bits per heavy atom. The molecule has 1 atom stereocenters. The van der Waals surface area contributed by atoms with Crippen LogP contribution in [0, 0.1) is 0 Å². The maximum Gasteiger partial charge on any atom is 0.0761 e. The molecule has 1 aromatic heterocycles. The summed E-state index contributed by atoms with van der Waals surface area (Å²) in [6, 6.07) is 8.30. The predicted octanol–water partition coefficient (Wildman–Crippen LogP) is 6.78. The summed E-state index contributed by atoms with van der Waals surface area (Å²) in [7, 11) is 0. The van der Waals surface area contributed by atoms with E-state index in [1.807, 2.05) is 12.1 Å². The Morgan fingerprint density at radius 3 is 2.50 bits per heavy atom. The van der Waals surface area contributed by atoms with Crippen molar-refractivity contribution in [3.8, 4) is 0 Å². The molecule has 1 N–H and O–H groups in total. The first-order chi connectivity index (χ1) is 9.51. The molecule has 0 amide bonds. The van der Waals surface area contributed by atoms with Crippen molar-refractivity contribution < 1.29 is 0 Å². The van der Waals surface area contributed by atoms with E-state index >= 15 is 0 Å². The minimum Gasteiger partial charge on any atom is -0.306 e. The van der Waals surface area contributed by atoms with E-state index in [0.717, 1.165) is 35.6 Å². The molecule has 1 unspecified atom stereocenters. The molecule has 1 heterocycles. The van der Waals surface area contributed by atoms with Gasteiger partial charge in [0, 0.05) is 9.50 Å². The van der Waals surface area contributed by atoms with Gasteiger partial charge in [-0.25, -0.2) is 0 Å². The van der Waals surface area contributed by atoms with Gasteiger partial charge in [0.1, 0.15) is 0 Å². The average molecular weight is 502 g/mol. The van der Waals surface area contributed by atoms with Crippen LogP contribution < -0.4 is 5.32 Å². The zero-order valence-corrected chi connectivity index (χ0v) is 17.1. The third-order valence-electron chi connectivity index (χ3n) is 2.81. The fourth-order valence-corrected chi connectivity index (χ4v) is 5.78. The molecule has 0 spiro atoms. The number of rotatable bonds is 5. The van der Waals surface area contributed by atoms with Crippen LogP contribution >= 0.6 is 70.7 Å². The van der Waals surface area contributed by atoms with Gasteiger partial charge in [-0.2, -0.15) is 0 Å². The van der Waals surface area contributed by atoms with Crippen LogP contribution in [0.4, 0.5) is 0 Å². The lowest BCUT2D eigenvalue weighted by Crippen LogP contribution is -2.23. The lowest BCUT2D eigenvalue weighted by molar-refractivity contribution is 0.598. The summed E-state index contributed by atoms with van der Waals surface area (Å²) in [5.74, 6) is 0. The minimum atomic E-state index is 0.127. The van der Waals surface area contributed by atoms with E-state index in [-0.39, 0.29) is 6.04 Å². The summed E-state index contributed by atoms with van der Waals surface area (Å²) < 4.78 is 3.24. The maximum atomic E-state index is 6.18. The largest absolute Gasteiger partial charge is 0.306 e. The fraction of sp³-hybridized carbons (Fsp3) is 0.286. The van der Waals surface area contributed by atoms with Crippen molar-refractivity contribution in [1.29, 1.82) is 0 Å². The highest BCUT2D eigenvalue weighted by molar-refractivity contribution is 9.12. The SMILES string of the molecule is CCCNC(c1cc(Cl)cc(Br)c1)c1cc(Br)sc1Br. The fourth-order valence-electron chi connectivity index (χ4n) is 1.99. The first kappa shape index (κ1) is 17.0. The van der Waals surface area contributed by atoms with Crippen molar-refractivity contribution in [2.24, 2.45) is 0 Å². The first-order valence-electron chi connectivity index (χ1n) is 6.15. The molecule has 6 heteroatoms. The summed E-state index contributed by atoms with van der Waals surface area (Å²) in [5, 5.41) is 4.33. The first-order valence-corrected chi connectivity index (χ1v) is 9.72. The molecular weight excluding hydrogens is 489 g/mol. The molecule has 108 valence electrons. The summed E-state index contributed by atoms with van der Waals surface area (Å²) in [4.78, 5) is 0. The van der Waals surface area contributed by atoms with Gasteiger partial charge in [-0.1, -0.05) is 34.5 Å². The van der Waals surface area contributed by atoms with Crippen molar-refractivity contribution in [3.05, 3.63) is 52.5 Å². The minimum absolute atomic E-state index is 0.127. The van der Waals surface area contributed by atoms with Crippen molar-refractivity contribution in [2.45, 2.75) is 19.4 Å². The number of halogens is 4.